The van der Waals surface area contributed by atoms with Crippen LogP contribution in [0.15, 0.2) is 12.3 Å². The van der Waals surface area contributed by atoms with Gasteiger partial charge in [0.2, 0.25) is 5.91 Å². The number of amides is 1. The standard InChI is InChI=1S/C18H32N2O2/c1-16(2)22-15-18(21)20-13-8-17(9-14-20)7-3-4-10-19-11-5-6-12-19/h5,11,16-17H,3-4,6-10,12-15H2,1-2H3. The summed E-state index contributed by atoms with van der Waals surface area (Å²) >= 11 is 0. The highest BCUT2D eigenvalue weighted by atomic mass is 16.5. The minimum atomic E-state index is 0.131. The second-order valence-electron chi connectivity index (χ2n) is 6.89. The van der Waals surface area contributed by atoms with Gasteiger partial charge in [-0.15, -0.1) is 0 Å². The van der Waals surface area contributed by atoms with Crippen LogP contribution in [0.4, 0.5) is 0 Å². The lowest BCUT2D eigenvalue weighted by Crippen LogP contribution is -2.40. The lowest BCUT2D eigenvalue weighted by molar-refractivity contribution is -0.139. The molecule has 0 spiro atoms. The van der Waals surface area contributed by atoms with Crippen LogP contribution in [0.5, 0.6) is 0 Å². The van der Waals surface area contributed by atoms with Crippen molar-refractivity contribution in [2.45, 2.75) is 58.5 Å². The van der Waals surface area contributed by atoms with E-state index in [-0.39, 0.29) is 18.6 Å². The third kappa shape index (κ3) is 5.99. The van der Waals surface area contributed by atoms with E-state index in [4.69, 9.17) is 4.74 Å². The van der Waals surface area contributed by atoms with Gasteiger partial charge >= 0.3 is 0 Å². The van der Waals surface area contributed by atoms with Gasteiger partial charge in [0.15, 0.2) is 0 Å². The molecule has 0 aromatic rings. The van der Waals surface area contributed by atoms with Crippen molar-refractivity contribution in [1.29, 1.82) is 0 Å². The maximum absolute atomic E-state index is 12.0. The largest absolute Gasteiger partial charge is 0.377 e. The number of carbonyl (C=O) groups excluding carboxylic acids is 1. The summed E-state index contributed by atoms with van der Waals surface area (Å²) in [5.74, 6) is 0.970. The highest BCUT2D eigenvalue weighted by molar-refractivity contribution is 5.77. The van der Waals surface area contributed by atoms with Crippen LogP contribution in [0.1, 0.15) is 52.4 Å². The SMILES string of the molecule is CC(C)OCC(=O)N1CCC(CCCCN2C=CCC2)CC1. The van der Waals surface area contributed by atoms with Crippen LogP contribution in [0, 0.1) is 5.92 Å². The highest BCUT2D eigenvalue weighted by Crippen LogP contribution is 2.23. The Kier molecular flexibility index (Phi) is 7.23. The maximum Gasteiger partial charge on any atom is 0.248 e. The fourth-order valence-electron chi connectivity index (χ4n) is 3.27. The first-order chi connectivity index (χ1) is 10.6. The Morgan fingerprint density at radius 3 is 2.64 bits per heavy atom. The molecule has 126 valence electrons. The van der Waals surface area contributed by atoms with Crippen molar-refractivity contribution in [3.8, 4) is 0 Å². The Hall–Kier alpha value is -1.03. The average molecular weight is 308 g/mol. The molecule has 4 heteroatoms. The van der Waals surface area contributed by atoms with Gasteiger partial charge in [-0.2, -0.15) is 0 Å². The summed E-state index contributed by atoms with van der Waals surface area (Å²) < 4.78 is 5.41. The molecule has 1 amide bonds. The Morgan fingerprint density at radius 2 is 2.00 bits per heavy atom. The van der Waals surface area contributed by atoms with E-state index < -0.39 is 0 Å². The number of carbonyl (C=O) groups is 1. The molecule has 0 aromatic carbocycles. The van der Waals surface area contributed by atoms with Gasteiger partial charge in [0.05, 0.1) is 6.10 Å². The zero-order valence-corrected chi connectivity index (χ0v) is 14.3. The van der Waals surface area contributed by atoms with Crippen molar-refractivity contribution in [1.82, 2.24) is 9.80 Å². The van der Waals surface area contributed by atoms with E-state index >= 15 is 0 Å². The normalized spacial score (nSPS) is 19.4. The second kappa shape index (κ2) is 9.19. The number of rotatable bonds is 8. The van der Waals surface area contributed by atoms with Crippen molar-refractivity contribution in [3.63, 3.8) is 0 Å². The molecule has 2 heterocycles. The average Bonchev–Trinajstić information content (AvgIpc) is 3.03. The molecule has 2 aliphatic heterocycles. The van der Waals surface area contributed by atoms with Gasteiger partial charge in [-0.3, -0.25) is 4.79 Å². The van der Waals surface area contributed by atoms with Gasteiger partial charge in [-0.25, -0.2) is 0 Å². The van der Waals surface area contributed by atoms with Crippen molar-refractivity contribution in [2.75, 3.05) is 32.8 Å². The summed E-state index contributed by atoms with van der Waals surface area (Å²) in [5, 5.41) is 0. The van der Waals surface area contributed by atoms with Crippen molar-refractivity contribution in [2.24, 2.45) is 5.92 Å². The zero-order chi connectivity index (χ0) is 15.8. The number of hydrogen-bond donors (Lipinski definition) is 0. The number of piperidine rings is 1. The predicted octanol–water partition coefficient (Wildman–Crippen LogP) is 3.04. The molecule has 22 heavy (non-hydrogen) atoms. The van der Waals surface area contributed by atoms with E-state index in [1.807, 2.05) is 18.7 Å². The van der Waals surface area contributed by atoms with Crippen LogP contribution < -0.4 is 0 Å². The van der Waals surface area contributed by atoms with E-state index in [1.54, 1.807) is 0 Å². The number of ether oxygens (including phenoxy) is 1. The lowest BCUT2D eigenvalue weighted by Gasteiger charge is -2.32. The fourth-order valence-corrected chi connectivity index (χ4v) is 3.27. The van der Waals surface area contributed by atoms with Crippen LogP contribution in [0.2, 0.25) is 0 Å². The quantitative estimate of drug-likeness (QED) is 0.646. The van der Waals surface area contributed by atoms with E-state index in [0.717, 1.165) is 31.8 Å². The first-order valence-electron chi connectivity index (χ1n) is 8.95. The minimum absolute atomic E-state index is 0.131. The van der Waals surface area contributed by atoms with Gasteiger partial charge in [-0.1, -0.05) is 18.9 Å². The smallest absolute Gasteiger partial charge is 0.248 e. The van der Waals surface area contributed by atoms with Crippen LogP contribution in [-0.4, -0.2) is 54.6 Å². The van der Waals surface area contributed by atoms with Crippen LogP contribution in [0.25, 0.3) is 0 Å². The Balaban J connectivity index is 1.53. The summed E-state index contributed by atoms with van der Waals surface area (Å²) in [5.41, 5.74) is 0. The number of hydrogen-bond acceptors (Lipinski definition) is 3. The number of nitrogens with zero attached hydrogens (tertiary/aromatic N) is 2. The Bertz CT molecular complexity index is 360. The Labute approximate surface area is 135 Å². The molecular weight excluding hydrogens is 276 g/mol. The van der Waals surface area contributed by atoms with E-state index in [9.17, 15) is 4.79 Å². The fraction of sp³-hybridized carbons (Fsp3) is 0.833. The number of likely N-dealkylation sites (tertiary alicyclic amines) is 1. The molecule has 0 N–H and O–H groups in total. The molecule has 0 bridgehead atoms. The molecule has 2 aliphatic rings. The van der Waals surface area contributed by atoms with Crippen molar-refractivity contribution < 1.29 is 9.53 Å². The molecule has 0 saturated carbocycles. The van der Waals surface area contributed by atoms with Gasteiger partial charge in [0, 0.05) is 26.2 Å². The zero-order valence-electron chi connectivity index (χ0n) is 14.3. The monoisotopic (exact) mass is 308 g/mol. The van der Waals surface area contributed by atoms with Crippen molar-refractivity contribution in [3.05, 3.63) is 12.3 Å². The Morgan fingerprint density at radius 1 is 1.23 bits per heavy atom. The van der Waals surface area contributed by atoms with Crippen molar-refractivity contribution >= 4 is 5.91 Å². The summed E-state index contributed by atoms with van der Waals surface area (Å²) in [6.07, 6.45) is 12.1. The molecule has 0 aliphatic carbocycles. The summed E-state index contributed by atoms with van der Waals surface area (Å²) in [6, 6.07) is 0. The molecule has 0 radical (unpaired) electrons. The van der Waals surface area contributed by atoms with Gasteiger partial charge in [0.25, 0.3) is 0 Å². The van der Waals surface area contributed by atoms with Crippen LogP contribution in [-0.2, 0) is 9.53 Å². The predicted molar refractivity (Wildman–Crippen MR) is 89.6 cm³/mol. The van der Waals surface area contributed by atoms with Gasteiger partial charge < -0.3 is 14.5 Å². The summed E-state index contributed by atoms with van der Waals surface area (Å²) in [7, 11) is 0. The topological polar surface area (TPSA) is 32.8 Å². The molecule has 2 rings (SSSR count). The minimum Gasteiger partial charge on any atom is -0.377 e. The van der Waals surface area contributed by atoms with E-state index in [0.29, 0.717) is 0 Å². The molecule has 1 saturated heterocycles. The third-order valence-corrected chi connectivity index (χ3v) is 4.71. The van der Waals surface area contributed by atoms with Gasteiger partial charge in [-0.05, 0) is 51.6 Å². The third-order valence-electron chi connectivity index (χ3n) is 4.71. The summed E-state index contributed by atoms with van der Waals surface area (Å²) in [4.78, 5) is 16.4. The first-order valence-corrected chi connectivity index (χ1v) is 8.95. The van der Waals surface area contributed by atoms with Gasteiger partial charge in [0.1, 0.15) is 6.61 Å². The van der Waals surface area contributed by atoms with Crippen LogP contribution >= 0.6 is 0 Å². The molecule has 4 nitrogen and oxygen atoms in total. The molecule has 0 unspecified atom stereocenters. The highest BCUT2D eigenvalue weighted by Gasteiger charge is 2.22. The lowest BCUT2D eigenvalue weighted by atomic mass is 9.91. The summed E-state index contributed by atoms with van der Waals surface area (Å²) in [6.45, 7) is 8.43. The molecule has 0 aromatic heterocycles. The molecule has 1 fully saturated rings. The second-order valence-corrected chi connectivity index (χ2v) is 6.89. The molecular formula is C18H32N2O2. The first kappa shape index (κ1) is 17.3. The molecule has 0 atom stereocenters. The van der Waals surface area contributed by atoms with E-state index in [2.05, 4.69) is 17.2 Å². The van der Waals surface area contributed by atoms with E-state index in [1.165, 1.54) is 38.8 Å². The number of unbranched alkanes of at least 4 members (excludes halogenated alkanes) is 1. The maximum atomic E-state index is 12.0. The van der Waals surface area contributed by atoms with Crippen LogP contribution in [0.3, 0.4) is 0 Å².